The second-order valence-electron chi connectivity index (χ2n) is 3.32. The molecule has 16 heavy (non-hydrogen) atoms. The second-order valence-corrected chi connectivity index (χ2v) is 3.72. The Morgan fingerprint density at radius 3 is 2.50 bits per heavy atom. The lowest BCUT2D eigenvalue weighted by Gasteiger charge is -2.02. The summed E-state index contributed by atoms with van der Waals surface area (Å²) in [5.41, 5.74) is 0.885. The Hall–Kier alpha value is -1.61. The van der Waals surface area contributed by atoms with Gasteiger partial charge < -0.3 is 5.11 Å². The maximum atomic E-state index is 11.2. The Bertz CT molecular complexity index is 449. The van der Waals surface area contributed by atoms with E-state index in [1.165, 1.54) is 13.0 Å². The number of carbonyl (C=O) groups is 2. The van der Waals surface area contributed by atoms with Gasteiger partial charge in [-0.05, 0) is 24.6 Å². The maximum absolute atomic E-state index is 11.2. The molecule has 0 saturated carbocycles. The molecule has 0 aliphatic rings. The number of carbonyl (C=O) groups excluding carboxylic acids is 1. The van der Waals surface area contributed by atoms with E-state index in [4.69, 9.17) is 16.7 Å². The van der Waals surface area contributed by atoms with Crippen molar-refractivity contribution in [3.63, 3.8) is 0 Å². The highest BCUT2D eigenvalue weighted by Gasteiger charge is 2.09. The zero-order chi connectivity index (χ0) is 12.1. The van der Waals surface area contributed by atoms with Crippen LogP contribution in [0.1, 0.15) is 18.9 Å². The number of hydrogen-bond donors (Lipinski definition) is 1. The summed E-state index contributed by atoms with van der Waals surface area (Å²) in [6.45, 7) is 1.34. The normalized spacial score (nSPS) is 11.2. The molecule has 3 nitrogen and oxygen atoms in total. The summed E-state index contributed by atoms with van der Waals surface area (Å²) < 4.78 is 0. The van der Waals surface area contributed by atoms with Gasteiger partial charge >= 0.3 is 5.97 Å². The highest BCUT2D eigenvalue weighted by molar-refractivity contribution is 6.32. The van der Waals surface area contributed by atoms with E-state index in [1.807, 2.05) is 0 Å². The van der Waals surface area contributed by atoms with Crippen molar-refractivity contribution >= 4 is 29.4 Å². The summed E-state index contributed by atoms with van der Waals surface area (Å²) in [6.07, 6.45) is 1.22. The van der Waals surface area contributed by atoms with Gasteiger partial charge in [0.1, 0.15) is 0 Å². The summed E-state index contributed by atoms with van der Waals surface area (Å²) in [5, 5.41) is 9.15. The van der Waals surface area contributed by atoms with E-state index in [2.05, 4.69) is 0 Å². The summed E-state index contributed by atoms with van der Waals surface area (Å²) in [4.78, 5) is 21.8. The first-order chi connectivity index (χ1) is 7.50. The molecular weight excluding hydrogens is 228 g/mol. The van der Waals surface area contributed by atoms with Crippen molar-refractivity contribution < 1.29 is 14.7 Å². The van der Waals surface area contributed by atoms with Crippen LogP contribution >= 0.6 is 11.6 Å². The Labute approximate surface area is 98.4 Å². The number of carboxylic acid groups (broad SMARTS) is 1. The van der Waals surface area contributed by atoms with Crippen LogP contribution in [0.25, 0.3) is 6.08 Å². The topological polar surface area (TPSA) is 54.4 Å². The van der Waals surface area contributed by atoms with Crippen LogP contribution in [-0.4, -0.2) is 16.9 Å². The van der Waals surface area contributed by atoms with Crippen LogP contribution in [0.5, 0.6) is 0 Å². The molecule has 0 aromatic heterocycles. The second kappa shape index (κ2) is 5.47. The number of halogens is 1. The maximum Gasteiger partial charge on any atom is 0.307 e. The largest absolute Gasteiger partial charge is 0.481 e. The molecule has 0 heterocycles. The minimum Gasteiger partial charge on any atom is -0.481 e. The number of rotatable bonds is 4. The quantitative estimate of drug-likeness (QED) is 0.821. The Morgan fingerprint density at radius 1 is 1.38 bits per heavy atom. The molecule has 84 valence electrons. The van der Waals surface area contributed by atoms with Crippen LogP contribution in [0.3, 0.4) is 0 Å². The fourth-order valence-corrected chi connectivity index (χ4v) is 1.41. The van der Waals surface area contributed by atoms with E-state index in [0.717, 1.165) is 0 Å². The average molecular weight is 239 g/mol. The summed E-state index contributed by atoms with van der Waals surface area (Å²) in [5.74, 6) is -1.30. The van der Waals surface area contributed by atoms with Crippen LogP contribution in [0.4, 0.5) is 0 Å². The molecule has 1 rings (SSSR count). The van der Waals surface area contributed by atoms with Gasteiger partial charge in [-0.15, -0.1) is 0 Å². The van der Waals surface area contributed by atoms with Crippen molar-refractivity contribution in [1.82, 2.24) is 0 Å². The fourth-order valence-electron chi connectivity index (χ4n) is 1.22. The molecule has 4 heteroatoms. The SMILES string of the molecule is CC(=O)/C(=C\c1ccccc1Cl)CC(=O)O. The van der Waals surface area contributed by atoms with Crippen molar-refractivity contribution in [3.05, 3.63) is 40.4 Å². The number of carboxylic acids is 1. The van der Waals surface area contributed by atoms with Gasteiger partial charge in [-0.25, -0.2) is 0 Å². The predicted molar refractivity (Wildman–Crippen MR) is 62.4 cm³/mol. The third kappa shape index (κ3) is 3.51. The van der Waals surface area contributed by atoms with Gasteiger partial charge in [0.25, 0.3) is 0 Å². The van der Waals surface area contributed by atoms with Crippen LogP contribution in [0.2, 0.25) is 5.02 Å². The van der Waals surface area contributed by atoms with E-state index in [0.29, 0.717) is 10.6 Å². The molecular formula is C12H11ClO3. The molecule has 0 fully saturated rings. The van der Waals surface area contributed by atoms with Gasteiger partial charge in [0.15, 0.2) is 5.78 Å². The predicted octanol–water partition coefficient (Wildman–Crippen LogP) is 2.79. The monoisotopic (exact) mass is 238 g/mol. The van der Waals surface area contributed by atoms with E-state index in [-0.39, 0.29) is 17.8 Å². The zero-order valence-corrected chi connectivity index (χ0v) is 9.49. The average Bonchev–Trinajstić information content (AvgIpc) is 2.19. The van der Waals surface area contributed by atoms with Crippen molar-refractivity contribution in [2.45, 2.75) is 13.3 Å². The zero-order valence-electron chi connectivity index (χ0n) is 8.74. The molecule has 0 spiro atoms. The molecule has 0 saturated heterocycles. The lowest BCUT2D eigenvalue weighted by atomic mass is 10.0. The molecule has 0 aliphatic carbocycles. The molecule has 1 aromatic rings. The fraction of sp³-hybridized carbons (Fsp3) is 0.167. The Morgan fingerprint density at radius 2 is 2.00 bits per heavy atom. The minimum atomic E-state index is -1.03. The molecule has 1 N–H and O–H groups in total. The lowest BCUT2D eigenvalue weighted by Crippen LogP contribution is -2.04. The third-order valence-corrected chi connectivity index (χ3v) is 2.37. The van der Waals surface area contributed by atoms with Gasteiger partial charge in [0.2, 0.25) is 0 Å². The van der Waals surface area contributed by atoms with Gasteiger partial charge in [-0.1, -0.05) is 29.8 Å². The van der Waals surface area contributed by atoms with E-state index in [9.17, 15) is 9.59 Å². The van der Waals surface area contributed by atoms with Crippen molar-refractivity contribution in [1.29, 1.82) is 0 Å². The smallest absolute Gasteiger partial charge is 0.307 e. The minimum absolute atomic E-state index is 0.237. The third-order valence-electron chi connectivity index (χ3n) is 2.03. The van der Waals surface area contributed by atoms with Crippen LogP contribution in [0, 0.1) is 0 Å². The van der Waals surface area contributed by atoms with E-state index >= 15 is 0 Å². The highest BCUT2D eigenvalue weighted by atomic mass is 35.5. The van der Waals surface area contributed by atoms with Crippen LogP contribution in [-0.2, 0) is 9.59 Å². The van der Waals surface area contributed by atoms with Crippen molar-refractivity contribution in [3.8, 4) is 0 Å². The van der Waals surface area contributed by atoms with Crippen LogP contribution < -0.4 is 0 Å². The summed E-state index contributed by atoms with van der Waals surface area (Å²) >= 11 is 5.91. The first kappa shape index (κ1) is 12.5. The number of benzene rings is 1. The number of aliphatic carboxylic acids is 1. The van der Waals surface area contributed by atoms with Gasteiger partial charge in [0, 0.05) is 10.6 Å². The Balaban J connectivity index is 3.07. The van der Waals surface area contributed by atoms with Gasteiger partial charge in [-0.2, -0.15) is 0 Å². The van der Waals surface area contributed by atoms with Crippen molar-refractivity contribution in [2.24, 2.45) is 0 Å². The summed E-state index contributed by atoms with van der Waals surface area (Å²) in [6, 6.07) is 6.96. The van der Waals surface area contributed by atoms with Gasteiger partial charge in [-0.3, -0.25) is 9.59 Å². The van der Waals surface area contributed by atoms with E-state index in [1.54, 1.807) is 24.3 Å². The molecule has 0 atom stereocenters. The first-order valence-electron chi connectivity index (χ1n) is 4.68. The molecule has 0 aliphatic heterocycles. The lowest BCUT2D eigenvalue weighted by molar-refractivity contribution is -0.136. The van der Waals surface area contributed by atoms with Gasteiger partial charge in [0.05, 0.1) is 6.42 Å². The molecule has 0 unspecified atom stereocenters. The molecule has 0 radical (unpaired) electrons. The summed E-state index contributed by atoms with van der Waals surface area (Å²) in [7, 11) is 0. The first-order valence-corrected chi connectivity index (χ1v) is 5.06. The number of ketones is 1. The van der Waals surface area contributed by atoms with E-state index < -0.39 is 5.97 Å². The number of Topliss-reactive ketones (excluding diaryl/α,β-unsaturated/α-hetero) is 1. The standard InChI is InChI=1S/C12H11ClO3/c1-8(14)10(7-12(15)16)6-9-4-2-3-5-11(9)13/h2-6H,7H2,1H3,(H,15,16)/b10-6-. The highest BCUT2D eigenvalue weighted by Crippen LogP contribution is 2.19. The molecule has 0 amide bonds. The van der Waals surface area contributed by atoms with Crippen molar-refractivity contribution in [2.75, 3.05) is 0 Å². The number of hydrogen-bond acceptors (Lipinski definition) is 2. The molecule has 0 bridgehead atoms. The molecule has 1 aromatic carbocycles. The van der Waals surface area contributed by atoms with Crippen LogP contribution in [0.15, 0.2) is 29.8 Å². The Kier molecular flexibility index (Phi) is 4.26.